The fourth-order valence-corrected chi connectivity index (χ4v) is 3.95. The van der Waals surface area contributed by atoms with Gasteiger partial charge in [-0.25, -0.2) is 0 Å². The van der Waals surface area contributed by atoms with E-state index in [1.54, 1.807) is 26.4 Å². The minimum absolute atomic E-state index is 0.0671. The van der Waals surface area contributed by atoms with Gasteiger partial charge in [0.05, 0.1) is 25.3 Å². The maximum absolute atomic E-state index is 13.2. The summed E-state index contributed by atoms with van der Waals surface area (Å²) in [6.45, 7) is 0.785. The highest BCUT2D eigenvalue weighted by atomic mass is 35.5. The smallest absolute Gasteiger partial charge is 0.254 e. The highest BCUT2D eigenvalue weighted by Gasteiger charge is 2.33. The van der Waals surface area contributed by atoms with E-state index in [-0.39, 0.29) is 18.7 Å². The van der Waals surface area contributed by atoms with Crippen molar-refractivity contribution in [3.8, 4) is 23.0 Å². The van der Waals surface area contributed by atoms with Crippen molar-refractivity contribution in [2.24, 2.45) is 0 Å². The van der Waals surface area contributed by atoms with E-state index in [0.29, 0.717) is 40.1 Å². The molecule has 0 aliphatic carbocycles. The van der Waals surface area contributed by atoms with Crippen LogP contribution < -0.4 is 18.9 Å². The molecule has 0 N–H and O–H groups in total. The maximum Gasteiger partial charge on any atom is 0.254 e. The van der Waals surface area contributed by atoms with Crippen LogP contribution in [0.1, 0.15) is 34.8 Å². The topological polar surface area (TPSA) is 57.2 Å². The van der Waals surface area contributed by atoms with Crippen molar-refractivity contribution in [2.45, 2.75) is 18.9 Å². The number of rotatable bonds is 4. The van der Waals surface area contributed by atoms with E-state index >= 15 is 0 Å². The van der Waals surface area contributed by atoms with Crippen molar-refractivity contribution in [3.05, 3.63) is 46.5 Å². The van der Waals surface area contributed by atoms with Crippen LogP contribution in [0, 0.1) is 0 Å². The van der Waals surface area contributed by atoms with E-state index in [2.05, 4.69) is 0 Å². The Morgan fingerprint density at radius 3 is 2.81 bits per heavy atom. The van der Waals surface area contributed by atoms with Gasteiger partial charge < -0.3 is 23.8 Å². The SMILES string of the molecule is COc1ccc(C2CCCN2C(=O)c2cc(Cl)c3c(c2)OCO3)c(OC)c1. The second kappa shape index (κ2) is 7.19. The zero-order valence-corrected chi connectivity index (χ0v) is 15.9. The number of hydrogen-bond acceptors (Lipinski definition) is 5. The molecule has 2 aromatic rings. The number of amides is 1. The lowest BCUT2D eigenvalue weighted by Gasteiger charge is -2.27. The number of hydrogen-bond donors (Lipinski definition) is 0. The van der Waals surface area contributed by atoms with Crippen LogP contribution in [0.5, 0.6) is 23.0 Å². The number of benzene rings is 2. The molecule has 0 spiro atoms. The molecule has 1 atom stereocenters. The summed E-state index contributed by atoms with van der Waals surface area (Å²) in [5, 5.41) is 0.381. The molecule has 1 fully saturated rings. The molecule has 7 heteroatoms. The number of carbonyl (C=O) groups excluding carboxylic acids is 1. The summed E-state index contributed by atoms with van der Waals surface area (Å²) in [4.78, 5) is 15.1. The molecule has 142 valence electrons. The lowest BCUT2D eigenvalue weighted by molar-refractivity contribution is 0.0733. The van der Waals surface area contributed by atoms with Crippen LogP contribution in [-0.4, -0.2) is 38.4 Å². The van der Waals surface area contributed by atoms with Crippen LogP contribution in [0.3, 0.4) is 0 Å². The molecule has 2 aliphatic rings. The molecule has 4 rings (SSSR count). The molecule has 0 radical (unpaired) electrons. The molecule has 6 nitrogen and oxygen atoms in total. The first kappa shape index (κ1) is 17.8. The number of ether oxygens (including phenoxy) is 4. The largest absolute Gasteiger partial charge is 0.497 e. The zero-order chi connectivity index (χ0) is 19.0. The summed E-state index contributed by atoms with van der Waals surface area (Å²) in [6.07, 6.45) is 1.79. The Bertz CT molecular complexity index is 885. The van der Waals surface area contributed by atoms with Gasteiger partial charge in [0.1, 0.15) is 11.5 Å². The fourth-order valence-electron chi connectivity index (χ4n) is 3.68. The average Bonchev–Trinajstić information content (AvgIpc) is 3.36. The fraction of sp³-hybridized carbons (Fsp3) is 0.350. The van der Waals surface area contributed by atoms with Gasteiger partial charge in [0.15, 0.2) is 11.5 Å². The number of methoxy groups -OCH3 is 2. The lowest BCUT2D eigenvalue weighted by Crippen LogP contribution is -2.30. The van der Waals surface area contributed by atoms with Gasteiger partial charge in [-0.1, -0.05) is 11.6 Å². The third kappa shape index (κ3) is 3.14. The molecule has 1 amide bonds. The van der Waals surface area contributed by atoms with Gasteiger partial charge in [0, 0.05) is 23.7 Å². The van der Waals surface area contributed by atoms with Crippen molar-refractivity contribution in [3.63, 3.8) is 0 Å². The highest BCUT2D eigenvalue weighted by molar-refractivity contribution is 6.32. The Labute approximate surface area is 162 Å². The van der Waals surface area contributed by atoms with Crippen LogP contribution in [0.25, 0.3) is 0 Å². The predicted molar refractivity (Wildman–Crippen MR) is 100 cm³/mol. The summed E-state index contributed by atoms with van der Waals surface area (Å²) in [6, 6.07) is 8.95. The minimum Gasteiger partial charge on any atom is -0.497 e. The molecule has 0 saturated carbocycles. The Morgan fingerprint density at radius 2 is 2.04 bits per heavy atom. The Hall–Kier alpha value is -2.60. The van der Waals surface area contributed by atoms with Crippen LogP contribution in [0.2, 0.25) is 5.02 Å². The molecular formula is C20H20ClNO5. The van der Waals surface area contributed by atoms with Crippen LogP contribution in [0.4, 0.5) is 0 Å². The summed E-state index contributed by atoms with van der Waals surface area (Å²) >= 11 is 6.25. The van der Waals surface area contributed by atoms with E-state index in [4.69, 9.17) is 30.5 Å². The van der Waals surface area contributed by atoms with Crippen LogP contribution >= 0.6 is 11.6 Å². The molecule has 0 aromatic heterocycles. The molecule has 1 saturated heterocycles. The van der Waals surface area contributed by atoms with Gasteiger partial charge in [-0.15, -0.1) is 0 Å². The molecule has 27 heavy (non-hydrogen) atoms. The quantitative estimate of drug-likeness (QED) is 0.789. The summed E-state index contributed by atoms with van der Waals surface area (Å²) in [7, 11) is 3.24. The second-order valence-electron chi connectivity index (χ2n) is 6.46. The summed E-state index contributed by atoms with van der Waals surface area (Å²) in [5.41, 5.74) is 1.46. The first-order chi connectivity index (χ1) is 13.1. The standard InChI is InChI=1S/C20H20ClNO5/c1-24-13-5-6-14(17(10-13)25-2)16-4-3-7-22(16)20(23)12-8-15(21)19-18(9-12)26-11-27-19/h5-6,8-10,16H,3-4,7,11H2,1-2H3. The van der Waals surface area contributed by atoms with Crippen molar-refractivity contribution in [2.75, 3.05) is 27.6 Å². The van der Waals surface area contributed by atoms with E-state index in [1.807, 2.05) is 23.1 Å². The van der Waals surface area contributed by atoms with E-state index in [1.165, 1.54) is 0 Å². The number of nitrogens with zero attached hydrogens (tertiary/aromatic N) is 1. The van der Waals surface area contributed by atoms with Crippen molar-refractivity contribution < 1.29 is 23.7 Å². The number of likely N-dealkylation sites (tertiary alicyclic amines) is 1. The number of carbonyl (C=O) groups is 1. The predicted octanol–water partition coefficient (Wildman–Crippen LogP) is 4.06. The monoisotopic (exact) mass is 389 g/mol. The third-order valence-corrected chi connectivity index (χ3v) is 5.27. The van der Waals surface area contributed by atoms with Gasteiger partial charge in [0.25, 0.3) is 5.91 Å². The molecule has 2 aliphatic heterocycles. The highest BCUT2D eigenvalue weighted by Crippen LogP contribution is 2.42. The van der Waals surface area contributed by atoms with Crippen molar-refractivity contribution in [1.82, 2.24) is 4.90 Å². The van der Waals surface area contributed by atoms with Gasteiger partial charge >= 0.3 is 0 Å². The van der Waals surface area contributed by atoms with Gasteiger partial charge in [0.2, 0.25) is 6.79 Å². The van der Waals surface area contributed by atoms with Gasteiger partial charge in [-0.3, -0.25) is 4.79 Å². The normalized spacial score (nSPS) is 17.9. The summed E-state index contributed by atoms with van der Waals surface area (Å²) < 4.78 is 21.5. The average molecular weight is 390 g/mol. The molecular weight excluding hydrogens is 370 g/mol. The van der Waals surface area contributed by atoms with Crippen molar-refractivity contribution >= 4 is 17.5 Å². The molecule has 2 aromatic carbocycles. The Kier molecular flexibility index (Phi) is 4.74. The molecule has 2 heterocycles. The van der Waals surface area contributed by atoms with E-state index in [0.717, 1.165) is 18.4 Å². The molecule has 1 unspecified atom stereocenters. The third-order valence-electron chi connectivity index (χ3n) is 4.99. The Balaban J connectivity index is 1.66. The first-order valence-electron chi connectivity index (χ1n) is 8.74. The minimum atomic E-state index is -0.0874. The van der Waals surface area contributed by atoms with Crippen LogP contribution in [0.15, 0.2) is 30.3 Å². The first-order valence-corrected chi connectivity index (χ1v) is 9.12. The van der Waals surface area contributed by atoms with Crippen LogP contribution in [-0.2, 0) is 0 Å². The van der Waals surface area contributed by atoms with Crippen molar-refractivity contribution in [1.29, 1.82) is 0 Å². The lowest BCUT2D eigenvalue weighted by atomic mass is 10.0. The number of halogens is 1. The maximum atomic E-state index is 13.2. The number of fused-ring (bicyclic) bond motifs is 1. The van der Waals surface area contributed by atoms with Gasteiger partial charge in [-0.05, 0) is 37.1 Å². The Morgan fingerprint density at radius 1 is 1.19 bits per heavy atom. The zero-order valence-electron chi connectivity index (χ0n) is 15.2. The molecule has 0 bridgehead atoms. The van der Waals surface area contributed by atoms with E-state index in [9.17, 15) is 4.79 Å². The second-order valence-corrected chi connectivity index (χ2v) is 6.86. The van der Waals surface area contributed by atoms with Gasteiger partial charge in [-0.2, -0.15) is 0 Å². The summed E-state index contributed by atoms with van der Waals surface area (Å²) in [5.74, 6) is 2.33. The van der Waals surface area contributed by atoms with E-state index < -0.39 is 0 Å².